The van der Waals surface area contributed by atoms with E-state index in [9.17, 15) is 4.79 Å². The van der Waals surface area contributed by atoms with Crippen molar-refractivity contribution in [2.75, 3.05) is 20.0 Å². The average Bonchev–Trinajstić information content (AvgIpc) is 2.97. The number of benzene rings is 1. The lowest BCUT2D eigenvalue weighted by Gasteiger charge is -2.10. The molecule has 22 heavy (non-hydrogen) atoms. The van der Waals surface area contributed by atoms with Crippen molar-refractivity contribution in [3.63, 3.8) is 0 Å². The average molecular weight is 305 g/mol. The topological polar surface area (TPSA) is 125 Å². The zero-order valence-electron chi connectivity index (χ0n) is 12.3. The summed E-state index contributed by atoms with van der Waals surface area (Å²) in [6.07, 6.45) is 0. The van der Waals surface area contributed by atoms with Gasteiger partial charge in [0.25, 0.3) is 5.91 Å². The first-order valence-corrected chi connectivity index (χ1v) is 6.22. The Morgan fingerprint density at radius 2 is 2.09 bits per heavy atom. The number of carbonyl (C=O) groups is 1. The minimum Gasteiger partial charge on any atom is -0.497 e. The number of amides is 1. The molecule has 1 amide bonds. The lowest BCUT2D eigenvalue weighted by Crippen LogP contribution is -2.21. The molecule has 0 bridgehead atoms. The Hall–Kier alpha value is -3.10. The van der Waals surface area contributed by atoms with Gasteiger partial charge in [-0.1, -0.05) is 0 Å². The summed E-state index contributed by atoms with van der Waals surface area (Å²) in [6.45, 7) is 1.72. The van der Waals surface area contributed by atoms with E-state index < -0.39 is 5.91 Å². The maximum absolute atomic E-state index is 11.8. The third-order valence-electron chi connectivity index (χ3n) is 2.85. The van der Waals surface area contributed by atoms with Gasteiger partial charge >= 0.3 is 0 Å². The molecule has 0 aliphatic heterocycles. The third-order valence-corrected chi connectivity index (χ3v) is 2.85. The Kier molecular flexibility index (Phi) is 4.57. The van der Waals surface area contributed by atoms with Gasteiger partial charge in [0.2, 0.25) is 11.5 Å². The van der Waals surface area contributed by atoms with Crippen LogP contribution in [0.4, 0.5) is 5.82 Å². The van der Waals surface area contributed by atoms with E-state index in [0.717, 1.165) is 0 Å². The smallest absolute Gasteiger partial charge is 0.297 e. The minimum absolute atomic E-state index is 0.104. The van der Waals surface area contributed by atoms with Crippen molar-refractivity contribution < 1.29 is 18.9 Å². The van der Waals surface area contributed by atoms with Gasteiger partial charge in [-0.25, -0.2) is 10.1 Å². The molecular weight excluding hydrogens is 290 g/mol. The first-order chi connectivity index (χ1) is 10.6. The van der Waals surface area contributed by atoms with Gasteiger partial charge in [0.15, 0.2) is 0 Å². The molecule has 116 valence electrons. The molecule has 9 heteroatoms. The molecule has 1 aromatic carbocycles. The number of nitrogens with zero attached hydrogens (tertiary/aromatic N) is 3. The standard InChI is InChI=1S/C13H15N5O4/c1-7(9-5-4-8(20-2)6-10(9)21-3)15-16-13(19)11-12(14)18-22-17-11/h4-6H,1-3H3,(H2,14,18)(H,16,19). The van der Waals surface area contributed by atoms with E-state index in [2.05, 4.69) is 25.5 Å². The molecule has 0 spiro atoms. The number of methoxy groups -OCH3 is 2. The van der Waals surface area contributed by atoms with Gasteiger partial charge < -0.3 is 15.2 Å². The van der Waals surface area contributed by atoms with Gasteiger partial charge in [0, 0.05) is 11.6 Å². The highest BCUT2D eigenvalue weighted by Crippen LogP contribution is 2.25. The van der Waals surface area contributed by atoms with Crippen LogP contribution in [0.5, 0.6) is 11.5 Å². The summed E-state index contributed by atoms with van der Waals surface area (Å²) in [5.74, 6) is 0.495. The molecular formula is C13H15N5O4. The number of hydrogen-bond acceptors (Lipinski definition) is 8. The van der Waals surface area contributed by atoms with Crippen LogP contribution >= 0.6 is 0 Å². The first-order valence-electron chi connectivity index (χ1n) is 6.22. The molecule has 0 fully saturated rings. The highest BCUT2D eigenvalue weighted by Gasteiger charge is 2.16. The molecule has 0 aliphatic rings. The fourth-order valence-corrected chi connectivity index (χ4v) is 1.70. The van der Waals surface area contributed by atoms with E-state index in [-0.39, 0.29) is 11.5 Å². The van der Waals surface area contributed by atoms with E-state index in [0.29, 0.717) is 22.8 Å². The van der Waals surface area contributed by atoms with Gasteiger partial charge in [-0.3, -0.25) is 4.79 Å². The van der Waals surface area contributed by atoms with E-state index in [1.54, 1.807) is 32.2 Å². The quantitative estimate of drug-likeness (QED) is 0.618. The molecule has 2 rings (SSSR count). The van der Waals surface area contributed by atoms with Gasteiger partial charge in [0.05, 0.1) is 19.9 Å². The predicted octanol–water partition coefficient (Wildman–Crippen LogP) is 0.823. The van der Waals surface area contributed by atoms with Crippen molar-refractivity contribution in [1.82, 2.24) is 15.7 Å². The predicted molar refractivity (Wildman–Crippen MR) is 77.9 cm³/mol. The summed E-state index contributed by atoms with van der Waals surface area (Å²) in [5, 5.41) is 10.7. The highest BCUT2D eigenvalue weighted by molar-refractivity contribution is 6.03. The molecule has 0 saturated heterocycles. The zero-order valence-corrected chi connectivity index (χ0v) is 12.3. The van der Waals surface area contributed by atoms with Crippen molar-refractivity contribution in [3.05, 3.63) is 29.5 Å². The lowest BCUT2D eigenvalue weighted by molar-refractivity contribution is 0.0945. The number of aromatic nitrogens is 2. The Morgan fingerprint density at radius 1 is 1.32 bits per heavy atom. The number of anilines is 1. The second-order valence-electron chi connectivity index (χ2n) is 4.20. The van der Waals surface area contributed by atoms with Crippen LogP contribution in [0.3, 0.4) is 0 Å². The van der Waals surface area contributed by atoms with Gasteiger partial charge in [0.1, 0.15) is 11.5 Å². The molecule has 1 heterocycles. The van der Waals surface area contributed by atoms with Crippen LogP contribution in [-0.4, -0.2) is 36.2 Å². The number of nitrogen functional groups attached to an aromatic ring is 1. The fraction of sp³-hybridized carbons (Fsp3) is 0.231. The molecule has 0 aliphatic carbocycles. The lowest BCUT2D eigenvalue weighted by atomic mass is 10.1. The molecule has 0 unspecified atom stereocenters. The molecule has 1 aromatic heterocycles. The van der Waals surface area contributed by atoms with Crippen LogP contribution in [0.2, 0.25) is 0 Å². The Balaban J connectivity index is 2.19. The summed E-state index contributed by atoms with van der Waals surface area (Å²) in [7, 11) is 3.10. The Bertz CT molecular complexity index is 710. The number of hydrogen-bond donors (Lipinski definition) is 2. The molecule has 0 saturated carbocycles. The number of hydrazone groups is 1. The second kappa shape index (κ2) is 6.57. The molecule has 9 nitrogen and oxygen atoms in total. The van der Waals surface area contributed by atoms with Crippen LogP contribution in [0, 0.1) is 0 Å². The SMILES string of the molecule is COc1ccc(C(C)=NNC(=O)c2nonc2N)c(OC)c1. The molecule has 3 N–H and O–H groups in total. The van der Waals surface area contributed by atoms with Crippen molar-refractivity contribution in [2.24, 2.45) is 5.10 Å². The highest BCUT2D eigenvalue weighted by atomic mass is 16.6. The van der Waals surface area contributed by atoms with Crippen molar-refractivity contribution in [1.29, 1.82) is 0 Å². The van der Waals surface area contributed by atoms with Crippen LogP contribution < -0.4 is 20.6 Å². The number of nitrogens with two attached hydrogens (primary N) is 1. The van der Waals surface area contributed by atoms with Gasteiger partial charge in [-0.05, 0) is 29.4 Å². The zero-order chi connectivity index (χ0) is 16.1. The molecule has 2 aromatic rings. The summed E-state index contributed by atoms with van der Waals surface area (Å²) < 4.78 is 14.8. The monoisotopic (exact) mass is 305 g/mol. The van der Waals surface area contributed by atoms with E-state index in [1.165, 1.54) is 7.11 Å². The fourth-order valence-electron chi connectivity index (χ4n) is 1.70. The minimum atomic E-state index is -0.620. The van der Waals surface area contributed by atoms with Crippen LogP contribution in [0.25, 0.3) is 0 Å². The van der Waals surface area contributed by atoms with Crippen molar-refractivity contribution >= 4 is 17.4 Å². The Labute approximate surface area is 126 Å². The number of ether oxygens (including phenoxy) is 2. The first kappa shape index (κ1) is 15.3. The largest absolute Gasteiger partial charge is 0.497 e. The maximum Gasteiger partial charge on any atom is 0.297 e. The van der Waals surface area contributed by atoms with Crippen LogP contribution in [0.1, 0.15) is 23.0 Å². The van der Waals surface area contributed by atoms with Crippen LogP contribution in [-0.2, 0) is 0 Å². The van der Waals surface area contributed by atoms with Crippen LogP contribution in [0.15, 0.2) is 27.9 Å². The summed E-state index contributed by atoms with van der Waals surface area (Å²) in [6, 6.07) is 5.25. The second-order valence-corrected chi connectivity index (χ2v) is 4.20. The van der Waals surface area contributed by atoms with Gasteiger partial charge in [-0.15, -0.1) is 0 Å². The van der Waals surface area contributed by atoms with Gasteiger partial charge in [-0.2, -0.15) is 5.10 Å². The normalized spacial score (nSPS) is 11.1. The summed E-state index contributed by atoms with van der Waals surface area (Å²) in [5.41, 5.74) is 8.86. The van der Waals surface area contributed by atoms with E-state index in [4.69, 9.17) is 15.2 Å². The van der Waals surface area contributed by atoms with Crippen molar-refractivity contribution in [3.8, 4) is 11.5 Å². The summed E-state index contributed by atoms with van der Waals surface area (Å²) >= 11 is 0. The third kappa shape index (κ3) is 3.14. The summed E-state index contributed by atoms with van der Waals surface area (Å²) in [4.78, 5) is 11.8. The van der Waals surface area contributed by atoms with Crippen molar-refractivity contribution in [2.45, 2.75) is 6.92 Å². The molecule has 0 radical (unpaired) electrons. The Morgan fingerprint density at radius 3 is 2.68 bits per heavy atom. The van der Waals surface area contributed by atoms with E-state index in [1.807, 2.05) is 0 Å². The molecule has 0 atom stereocenters. The van der Waals surface area contributed by atoms with E-state index >= 15 is 0 Å². The number of rotatable bonds is 5. The number of carbonyl (C=O) groups excluding carboxylic acids is 1. The number of nitrogens with one attached hydrogen (secondary N) is 1. The maximum atomic E-state index is 11.8.